The number of carboxylic acid groups (broad SMARTS) is 1. The number of oxazole rings is 1. The summed E-state index contributed by atoms with van der Waals surface area (Å²) in [7, 11) is 0. The number of nitrogens with one attached hydrogen (secondary N) is 1. The number of rotatable bonds is 5. The lowest BCUT2D eigenvalue weighted by molar-refractivity contribution is -0.254. The summed E-state index contributed by atoms with van der Waals surface area (Å²) in [5.41, 5.74) is 4.01. The molecule has 0 atom stereocenters. The molecule has 0 saturated heterocycles. The second kappa shape index (κ2) is 8.43. The van der Waals surface area contributed by atoms with Gasteiger partial charge in [0, 0.05) is 22.4 Å². The Morgan fingerprint density at radius 3 is 2.18 bits per heavy atom. The highest BCUT2D eigenvalue weighted by Gasteiger charge is 2.16. The number of carbonyl (C=O) groups is 2. The van der Waals surface area contributed by atoms with Gasteiger partial charge in [0.2, 0.25) is 5.89 Å². The van der Waals surface area contributed by atoms with Crippen LogP contribution < -0.4 is 10.4 Å². The number of fused-ring (bicyclic) bond motifs is 1. The molecule has 6 nitrogen and oxygen atoms in total. The van der Waals surface area contributed by atoms with Crippen LogP contribution in [-0.4, -0.2) is 16.9 Å². The van der Waals surface area contributed by atoms with Gasteiger partial charge < -0.3 is 19.6 Å². The van der Waals surface area contributed by atoms with Crippen LogP contribution in [0.15, 0.2) is 101 Å². The Morgan fingerprint density at radius 2 is 1.42 bits per heavy atom. The number of nitrogens with zero attached hydrogens (tertiary/aromatic N) is 1. The van der Waals surface area contributed by atoms with E-state index in [1.807, 2.05) is 30.3 Å². The summed E-state index contributed by atoms with van der Waals surface area (Å²) in [4.78, 5) is 29.2. The van der Waals surface area contributed by atoms with E-state index in [0.29, 0.717) is 33.9 Å². The smallest absolute Gasteiger partial charge is 0.256 e. The van der Waals surface area contributed by atoms with Crippen molar-refractivity contribution >= 4 is 28.7 Å². The number of hydrogen-bond donors (Lipinski definition) is 1. The van der Waals surface area contributed by atoms with E-state index in [0.717, 1.165) is 11.1 Å². The number of anilines is 1. The van der Waals surface area contributed by atoms with Gasteiger partial charge in [-0.1, -0.05) is 60.7 Å². The summed E-state index contributed by atoms with van der Waals surface area (Å²) in [5.74, 6) is -1.21. The zero-order chi connectivity index (χ0) is 22.8. The van der Waals surface area contributed by atoms with E-state index >= 15 is 0 Å². The normalized spacial score (nSPS) is 10.8. The van der Waals surface area contributed by atoms with Crippen LogP contribution in [0.3, 0.4) is 0 Å². The van der Waals surface area contributed by atoms with Crippen LogP contribution in [0, 0.1) is 0 Å². The molecule has 0 fully saturated rings. The Balaban J connectivity index is 1.47. The molecule has 5 rings (SSSR count). The predicted molar refractivity (Wildman–Crippen MR) is 124 cm³/mol. The first-order valence-corrected chi connectivity index (χ1v) is 10.3. The van der Waals surface area contributed by atoms with Crippen LogP contribution in [0.2, 0.25) is 0 Å². The summed E-state index contributed by atoms with van der Waals surface area (Å²) in [5, 5.41) is 14.5. The average Bonchev–Trinajstić information content (AvgIpc) is 3.29. The molecule has 0 aliphatic rings. The van der Waals surface area contributed by atoms with Gasteiger partial charge in [0.05, 0.1) is 5.97 Å². The Morgan fingerprint density at radius 1 is 0.758 bits per heavy atom. The minimum absolute atomic E-state index is 0.0238. The van der Waals surface area contributed by atoms with E-state index in [-0.39, 0.29) is 11.5 Å². The molecule has 4 aromatic carbocycles. The Labute approximate surface area is 189 Å². The van der Waals surface area contributed by atoms with Crippen molar-refractivity contribution in [3.05, 3.63) is 108 Å². The first-order valence-electron chi connectivity index (χ1n) is 10.3. The first kappa shape index (κ1) is 20.2. The van der Waals surface area contributed by atoms with Gasteiger partial charge in [0.25, 0.3) is 5.91 Å². The number of benzene rings is 4. The molecule has 33 heavy (non-hydrogen) atoms. The third-order valence-corrected chi connectivity index (χ3v) is 5.27. The minimum Gasteiger partial charge on any atom is -0.545 e. The van der Waals surface area contributed by atoms with Crippen LogP contribution >= 0.6 is 0 Å². The Bertz CT molecular complexity index is 1470. The monoisotopic (exact) mass is 433 g/mol. The maximum absolute atomic E-state index is 13.2. The molecule has 1 aromatic heterocycles. The third-order valence-electron chi connectivity index (χ3n) is 5.27. The lowest BCUT2D eigenvalue weighted by Crippen LogP contribution is -2.23. The zero-order valence-corrected chi connectivity index (χ0v) is 17.3. The van der Waals surface area contributed by atoms with Crippen LogP contribution in [0.5, 0.6) is 0 Å². The van der Waals surface area contributed by atoms with Gasteiger partial charge in [-0.3, -0.25) is 4.79 Å². The minimum atomic E-state index is -1.30. The molecule has 1 amide bonds. The Kier molecular flexibility index (Phi) is 5.16. The molecule has 160 valence electrons. The van der Waals surface area contributed by atoms with Gasteiger partial charge in [0.1, 0.15) is 5.52 Å². The number of carbonyl (C=O) groups excluding carboxylic acids is 2. The van der Waals surface area contributed by atoms with Crippen LogP contribution in [0.1, 0.15) is 20.7 Å². The zero-order valence-electron chi connectivity index (χ0n) is 17.3. The van der Waals surface area contributed by atoms with Crippen molar-refractivity contribution in [3.8, 4) is 22.6 Å². The van der Waals surface area contributed by atoms with Gasteiger partial charge in [0.15, 0.2) is 5.58 Å². The van der Waals surface area contributed by atoms with Gasteiger partial charge in [-0.25, -0.2) is 4.98 Å². The number of carboxylic acids is 1. The first-order chi connectivity index (χ1) is 16.1. The second-order valence-corrected chi connectivity index (χ2v) is 7.40. The summed E-state index contributed by atoms with van der Waals surface area (Å²) >= 11 is 0. The predicted octanol–water partition coefficient (Wildman–Crippen LogP) is 4.78. The summed E-state index contributed by atoms with van der Waals surface area (Å²) in [6, 6.07) is 28.0. The topological polar surface area (TPSA) is 95.3 Å². The Hall–Kier alpha value is -4.71. The molecule has 0 spiro atoms. The average molecular weight is 433 g/mol. The summed E-state index contributed by atoms with van der Waals surface area (Å²) < 4.78 is 5.83. The number of amides is 1. The third kappa shape index (κ3) is 3.97. The second-order valence-electron chi connectivity index (χ2n) is 7.40. The van der Waals surface area contributed by atoms with Crippen molar-refractivity contribution in [2.75, 3.05) is 5.32 Å². The highest BCUT2D eigenvalue weighted by Crippen LogP contribution is 2.29. The van der Waals surface area contributed by atoms with E-state index in [1.54, 1.807) is 60.7 Å². The SMILES string of the molecule is O=C([O-])c1ccccc1-c1ccccc1C(=O)Nc1cccc(-c2nc3ccccc3o2)c1. The lowest BCUT2D eigenvalue weighted by atomic mass is 9.95. The van der Waals surface area contributed by atoms with E-state index < -0.39 is 5.97 Å². The van der Waals surface area contributed by atoms with Gasteiger partial charge in [-0.2, -0.15) is 0 Å². The highest BCUT2D eigenvalue weighted by atomic mass is 16.4. The van der Waals surface area contributed by atoms with E-state index in [4.69, 9.17) is 4.42 Å². The number of para-hydroxylation sites is 2. The summed E-state index contributed by atoms with van der Waals surface area (Å²) in [6.45, 7) is 0. The number of aromatic carboxylic acids is 1. The van der Waals surface area contributed by atoms with Crippen molar-refractivity contribution in [1.82, 2.24) is 4.98 Å². The van der Waals surface area contributed by atoms with Crippen LogP contribution in [-0.2, 0) is 0 Å². The fraction of sp³-hybridized carbons (Fsp3) is 0. The van der Waals surface area contributed by atoms with Crippen molar-refractivity contribution < 1.29 is 19.1 Å². The van der Waals surface area contributed by atoms with Crippen molar-refractivity contribution in [2.45, 2.75) is 0 Å². The molecular formula is C27H17N2O4-. The van der Waals surface area contributed by atoms with Crippen LogP contribution in [0.4, 0.5) is 5.69 Å². The molecule has 1 N–H and O–H groups in total. The summed E-state index contributed by atoms with van der Waals surface area (Å²) in [6.07, 6.45) is 0. The number of aromatic nitrogens is 1. The molecule has 0 unspecified atom stereocenters. The van der Waals surface area contributed by atoms with Crippen molar-refractivity contribution in [2.24, 2.45) is 0 Å². The molecule has 6 heteroatoms. The highest BCUT2D eigenvalue weighted by molar-refractivity contribution is 6.10. The molecule has 0 aliphatic carbocycles. The van der Waals surface area contributed by atoms with Crippen LogP contribution in [0.25, 0.3) is 33.7 Å². The largest absolute Gasteiger partial charge is 0.545 e. The molecular weight excluding hydrogens is 416 g/mol. The van der Waals surface area contributed by atoms with Crippen molar-refractivity contribution in [1.29, 1.82) is 0 Å². The molecule has 1 heterocycles. The number of hydrogen-bond acceptors (Lipinski definition) is 5. The molecule has 0 bridgehead atoms. The lowest BCUT2D eigenvalue weighted by Gasteiger charge is -2.14. The fourth-order valence-corrected chi connectivity index (χ4v) is 3.74. The molecule has 0 aliphatic heterocycles. The standard InChI is InChI=1S/C27H18N2O4/c30-25(21-12-3-1-10-19(21)20-11-2-4-13-22(20)27(31)32)28-18-9-7-8-17(16-18)26-29-23-14-5-6-15-24(23)33-26/h1-16H,(H,28,30)(H,31,32)/p-1. The molecule has 0 saturated carbocycles. The van der Waals surface area contributed by atoms with E-state index in [1.165, 1.54) is 6.07 Å². The maximum Gasteiger partial charge on any atom is 0.256 e. The molecule has 0 radical (unpaired) electrons. The van der Waals surface area contributed by atoms with Crippen molar-refractivity contribution in [3.63, 3.8) is 0 Å². The van der Waals surface area contributed by atoms with Gasteiger partial charge >= 0.3 is 0 Å². The van der Waals surface area contributed by atoms with E-state index in [9.17, 15) is 14.7 Å². The fourth-order valence-electron chi connectivity index (χ4n) is 3.74. The van der Waals surface area contributed by atoms with Gasteiger partial charge in [-0.05, 0) is 47.5 Å². The molecule has 5 aromatic rings. The quantitative estimate of drug-likeness (QED) is 0.430. The maximum atomic E-state index is 13.2. The van der Waals surface area contributed by atoms with E-state index in [2.05, 4.69) is 10.3 Å². The van der Waals surface area contributed by atoms with Gasteiger partial charge in [-0.15, -0.1) is 0 Å².